The first-order valence-corrected chi connectivity index (χ1v) is 11.4. The summed E-state index contributed by atoms with van der Waals surface area (Å²) in [7, 11) is -1.41. The molecule has 1 aliphatic carbocycles. The van der Waals surface area contributed by atoms with Crippen molar-refractivity contribution >= 4 is 8.32 Å². The zero-order valence-electron chi connectivity index (χ0n) is 14.4. The molecule has 2 atom stereocenters. The zero-order valence-corrected chi connectivity index (χ0v) is 15.4. The van der Waals surface area contributed by atoms with Crippen molar-refractivity contribution in [2.24, 2.45) is 11.3 Å². The molecule has 0 amide bonds. The van der Waals surface area contributed by atoms with E-state index < -0.39 is 8.32 Å². The van der Waals surface area contributed by atoms with E-state index in [0.29, 0.717) is 11.5 Å². The fraction of sp³-hybridized carbons (Fsp3) is 0.882. The second-order valence-corrected chi connectivity index (χ2v) is 12.3. The molecular weight excluding hydrogens is 248 g/mol. The van der Waals surface area contributed by atoms with E-state index in [1.807, 2.05) is 0 Å². The highest BCUT2D eigenvalue weighted by atomic mass is 28.4. The number of allylic oxidation sites excluding steroid dienone is 2. The predicted molar refractivity (Wildman–Crippen MR) is 88.0 cm³/mol. The van der Waals surface area contributed by atoms with E-state index in [-0.39, 0.29) is 0 Å². The lowest BCUT2D eigenvalue weighted by molar-refractivity contribution is 0.186. The standard InChI is InChI=1S/C17H34OSi/c1-9-13(3)15(10-2)16-11-14(12-17(16,4)5)18-19(6,7)8/h14,16H,9-12H2,1-8H3/b15-13+. The third kappa shape index (κ3) is 4.46. The SMILES string of the molecule is CC/C(C)=C(\CC)C1CC(O[Si](C)(C)C)CC1(C)C. The lowest BCUT2D eigenvalue weighted by atomic mass is 9.75. The second kappa shape index (κ2) is 6.13. The van der Waals surface area contributed by atoms with Gasteiger partial charge in [-0.2, -0.15) is 0 Å². The minimum absolute atomic E-state index is 0.395. The molecule has 0 heterocycles. The molecule has 112 valence electrons. The lowest BCUT2D eigenvalue weighted by Crippen LogP contribution is -2.31. The molecule has 0 spiro atoms. The molecule has 0 saturated heterocycles. The van der Waals surface area contributed by atoms with Gasteiger partial charge in [0.05, 0.1) is 0 Å². The molecule has 1 rings (SSSR count). The van der Waals surface area contributed by atoms with Crippen LogP contribution in [0, 0.1) is 11.3 Å². The summed E-state index contributed by atoms with van der Waals surface area (Å²) in [5.74, 6) is 0.721. The van der Waals surface area contributed by atoms with Gasteiger partial charge in [-0.1, -0.05) is 38.8 Å². The van der Waals surface area contributed by atoms with Crippen LogP contribution in [0.3, 0.4) is 0 Å². The van der Waals surface area contributed by atoms with E-state index in [1.165, 1.54) is 25.7 Å². The molecule has 1 saturated carbocycles. The van der Waals surface area contributed by atoms with E-state index in [1.54, 1.807) is 11.1 Å². The van der Waals surface area contributed by atoms with Gasteiger partial charge in [-0.15, -0.1) is 0 Å². The summed E-state index contributed by atoms with van der Waals surface area (Å²) in [6.45, 7) is 18.7. The zero-order chi connectivity index (χ0) is 14.8. The van der Waals surface area contributed by atoms with Gasteiger partial charge in [0, 0.05) is 6.10 Å². The van der Waals surface area contributed by atoms with Crippen LogP contribution < -0.4 is 0 Å². The molecule has 2 unspecified atom stereocenters. The average molecular weight is 283 g/mol. The highest BCUT2D eigenvalue weighted by molar-refractivity contribution is 6.69. The topological polar surface area (TPSA) is 9.23 Å². The lowest BCUT2D eigenvalue weighted by Gasteiger charge is -2.30. The fourth-order valence-electron chi connectivity index (χ4n) is 3.67. The first-order valence-electron chi connectivity index (χ1n) is 7.97. The van der Waals surface area contributed by atoms with Gasteiger partial charge >= 0.3 is 0 Å². The summed E-state index contributed by atoms with van der Waals surface area (Å²) >= 11 is 0. The average Bonchev–Trinajstić information content (AvgIpc) is 2.52. The number of hydrogen-bond acceptors (Lipinski definition) is 1. The van der Waals surface area contributed by atoms with E-state index in [0.717, 1.165) is 5.92 Å². The third-order valence-electron chi connectivity index (χ3n) is 4.60. The van der Waals surface area contributed by atoms with Gasteiger partial charge < -0.3 is 4.43 Å². The van der Waals surface area contributed by atoms with Crippen molar-refractivity contribution in [3.05, 3.63) is 11.1 Å². The Morgan fingerprint density at radius 2 is 1.74 bits per heavy atom. The molecule has 1 aliphatic rings. The first kappa shape index (κ1) is 17.0. The van der Waals surface area contributed by atoms with Crippen LogP contribution in [0.5, 0.6) is 0 Å². The van der Waals surface area contributed by atoms with Crippen molar-refractivity contribution < 1.29 is 4.43 Å². The summed E-state index contributed by atoms with van der Waals surface area (Å²) in [4.78, 5) is 0. The van der Waals surface area contributed by atoms with Crippen LogP contribution in [0.1, 0.15) is 60.3 Å². The normalized spacial score (nSPS) is 28.4. The summed E-state index contributed by atoms with van der Waals surface area (Å²) < 4.78 is 6.39. The maximum absolute atomic E-state index is 6.39. The van der Waals surface area contributed by atoms with Crippen molar-refractivity contribution in [1.29, 1.82) is 0 Å². The van der Waals surface area contributed by atoms with E-state index in [9.17, 15) is 0 Å². The fourth-order valence-corrected chi connectivity index (χ4v) is 4.85. The van der Waals surface area contributed by atoms with Crippen LogP contribution in [0.15, 0.2) is 11.1 Å². The van der Waals surface area contributed by atoms with Gasteiger partial charge in [0.15, 0.2) is 8.32 Å². The van der Waals surface area contributed by atoms with Crippen LogP contribution in [0.25, 0.3) is 0 Å². The van der Waals surface area contributed by atoms with Gasteiger partial charge in [0.2, 0.25) is 0 Å². The molecule has 0 aromatic heterocycles. The highest BCUT2D eigenvalue weighted by Crippen LogP contribution is 2.49. The van der Waals surface area contributed by atoms with Crippen LogP contribution >= 0.6 is 0 Å². The van der Waals surface area contributed by atoms with E-state index >= 15 is 0 Å². The number of rotatable bonds is 5. The highest BCUT2D eigenvalue weighted by Gasteiger charge is 2.43. The van der Waals surface area contributed by atoms with Crippen LogP contribution in [-0.4, -0.2) is 14.4 Å². The molecule has 0 aromatic carbocycles. The van der Waals surface area contributed by atoms with Gasteiger partial charge in [-0.25, -0.2) is 0 Å². The summed E-state index contributed by atoms with van der Waals surface area (Å²) in [5.41, 5.74) is 3.70. The van der Waals surface area contributed by atoms with Crippen molar-refractivity contribution in [2.45, 2.75) is 86.0 Å². The maximum Gasteiger partial charge on any atom is 0.184 e. The Balaban J connectivity index is 2.91. The van der Waals surface area contributed by atoms with Crippen molar-refractivity contribution in [1.82, 2.24) is 0 Å². The van der Waals surface area contributed by atoms with Crippen LogP contribution in [0.4, 0.5) is 0 Å². The van der Waals surface area contributed by atoms with Gasteiger partial charge in [-0.05, 0) is 63.6 Å². The molecule has 0 radical (unpaired) electrons. The summed E-state index contributed by atoms with van der Waals surface area (Å²) in [5, 5.41) is 0. The van der Waals surface area contributed by atoms with Crippen molar-refractivity contribution in [2.75, 3.05) is 0 Å². The molecule has 0 aromatic rings. The molecule has 19 heavy (non-hydrogen) atoms. The smallest absolute Gasteiger partial charge is 0.184 e. The van der Waals surface area contributed by atoms with E-state index in [4.69, 9.17) is 4.43 Å². The van der Waals surface area contributed by atoms with Crippen molar-refractivity contribution in [3.8, 4) is 0 Å². The van der Waals surface area contributed by atoms with Gasteiger partial charge in [0.1, 0.15) is 0 Å². The molecule has 0 N–H and O–H groups in total. The molecular formula is C17H34OSi. The van der Waals surface area contributed by atoms with Crippen molar-refractivity contribution in [3.63, 3.8) is 0 Å². The maximum atomic E-state index is 6.39. The minimum atomic E-state index is -1.41. The molecule has 1 nitrogen and oxygen atoms in total. The minimum Gasteiger partial charge on any atom is -0.415 e. The monoisotopic (exact) mass is 282 g/mol. The Morgan fingerprint density at radius 3 is 2.16 bits per heavy atom. The van der Waals surface area contributed by atoms with Crippen LogP contribution in [0.2, 0.25) is 19.6 Å². The Morgan fingerprint density at radius 1 is 1.16 bits per heavy atom. The Hall–Kier alpha value is -0.0831. The molecule has 0 bridgehead atoms. The van der Waals surface area contributed by atoms with Crippen LogP contribution in [-0.2, 0) is 4.43 Å². The van der Waals surface area contributed by atoms with Gasteiger partial charge in [-0.3, -0.25) is 0 Å². The Kier molecular flexibility index (Phi) is 5.48. The largest absolute Gasteiger partial charge is 0.415 e. The quantitative estimate of drug-likeness (QED) is 0.459. The molecule has 1 fully saturated rings. The third-order valence-corrected chi connectivity index (χ3v) is 5.64. The van der Waals surface area contributed by atoms with E-state index in [2.05, 4.69) is 54.3 Å². The molecule has 2 heteroatoms. The first-order chi connectivity index (χ1) is 8.60. The second-order valence-electron chi connectivity index (χ2n) is 7.85. The summed E-state index contributed by atoms with van der Waals surface area (Å²) in [6, 6.07) is 0. The molecule has 0 aliphatic heterocycles. The number of hydrogen-bond donors (Lipinski definition) is 0. The Labute approximate surface area is 122 Å². The Bertz CT molecular complexity index is 336. The van der Waals surface area contributed by atoms with Gasteiger partial charge in [0.25, 0.3) is 0 Å². The summed E-state index contributed by atoms with van der Waals surface area (Å²) in [6.07, 6.45) is 5.33. The predicted octanol–water partition coefficient (Wildman–Crippen LogP) is 5.78.